The molecule has 0 aliphatic carbocycles. The van der Waals surface area contributed by atoms with Crippen molar-refractivity contribution in [3.63, 3.8) is 0 Å². The predicted molar refractivity (Wildman–Crippen MR) is 94.7 cm³/mol. The first-order valence-electron chi connectivity index (χ1n) is 7.37. The molecule has 2 heterocycles. The number of carbonyl (C=O) groups excluding carboxylic acids is 1. The Balaban J connectivity index is 2.04. The Morgan fingerprint density at radius 3 is 2.70 bits per heavy atom. The molecule has 1 aromatic carbocycles. The van der Waals surface area contributed by atoms with Gasteiger partial charge in [0, 0.05) is 24.9 Å². The summed E-state index contributed by atoms with van der Waals surface area (Å²) >= 11 is 1.65. The Kier molecular flexibility index (Phi) is 4.25. The summed E-state index contributed by atoms with van der Waals surface area (Å²) in [7, 11) is 1.92. The van der Waals surface area contributed by atoms with Crippen LogP contribution in [0.3, 0.4) is 0 Å². The van der Waals surface area contributed by atoms with E-state index in [1.54, 1.807) is 11.3 Å². The summed E-state index contributed by atoms with van der Waals surface area (Å²) in [6.07, 6.45) is 0.302. The lowest BCUT2D eigenvalue weighted by atomic mass is 10.2. The molecule has 0 aliphatic rings. The number of carbonyl (C=O) groups is 1. The molecule has 0 aliphatic heterocycles. The highest BCUT2D eigenvalue weighted by Crippen LogP contribution is 2.36. The Bertz CT molecular complexity index is 844. The minimum absolute atomic E-state index is 0.302. The summed E-state index contributed by atoms with van der Waals surface area (Å²) in [5.41, 5.74) is 6.41. The van der Waals surface area contributed by atoms with Gasteiger partial charge >= 0.3 is 0 Å². The minimum atomic E-state index is -0.311. The molecule has 23 heavy (non-hydrogen) atoms. The number of benzene rings is 1. The number of aromatic nitrogens is 2. The van der Waals surface area contributed by atoms with E-state index >= 15 is 0 Å². The number of hydrogen-bond donors (Lipinski definition) is 1. The van der Waals surface area contributed by atoms with Crippen LogP contribution in [-0.4, -0.2) is 29.5 Å². The molecular weight excluding hydrogens is 308 g/mol. The monoisotopic (exact) mass is 326 g/mol. The van der Waals surface area contributed by atoms with Gasteiger partial charge in [-0.25, -0.2) is 9.97 Å². The fourth-order valence-corrected chi connectivity index (χ4v) is 3.51. The molecule has 0 bridgehead atoms. The molecule has 6 heteroatoms. The van der Waals surface area contributed by atoms with E-state index in [1.165, 1.54) is 5.56 Å². The van der Waals surface area contributed by atoms with E-state index in [1.807, 2.05) is 37.1 Å². The third-order valence-electron chi connectivity index (χ3n) is 3.60. The third kappa shape index (κ3) is 3.32. The van der Waals surface area contributed by atoms with Crippen LogP contribution >= 0.6 is 11.3 Å². The molecule has 0 spiro atoms. The molecule has 0 saturated heterocycles. The molecule has 3 rings (SSSR count). The Labute approximate surface area is 138 Å². The molecule has 0 unspecified atom stereocenters. The third-order valence-corrected chi connectivity index (χ3v) is 4.68. The lowest BCUT2D eigenvalue weighted by molar-refractivity contribution is -0.117. The van der Waals surface area contributed by atoms with Gasteiger partial charge in [-0.05, 0) is 18.6 Å². The summed E-state index contributed by atoms with van der Waals surface area (Å²) in [5, 5.41) is 1.01. The number of hydrogen-bond acceptors (Lipinski definition) is 5. The van der Waals surface area contributed by atoms with Crippen LogP contribution in [0.2, 0.25) is 0 Å². The van der Waals surface area contributed by atoms with E-state index in [9.17, 15) is 4.79 Å². The number of anilines is 1. The smallest absolute Gasteiger partial charge is 0.219 e. The van der Waals surface area contributed by atoms with Crippen LogP contribution in [0.4, 0.5) is 5.82 Å². The SMILES string of the molecule is Cc1nc(N(C)CCC(N)=O)c2cc(-c3ccccc3)sc2n1. The van der Waals surface area contributed by atoms with E-state index in [0.29, 0.717) is 13.0 Å². The first kappa shape index (κ1) is 15.4. The zero-order valence-corrected chi connectivity index (χ0v) is 13.9. The topological polar surface area (TPSA) is 72.1 Å². The standard InChI is InChI=1S/C17H18N4OS/c1-11-19-16(21(2)9-8-15(18)22)13-10-14(23-17(13)20-11)12-6-4-3-5-7-12/h3-7,10H,8-9H2,1-2H3,(H2,18,22). The highest BCUT2D eigenvalue weighted by molar-refractivity contribution is 7.21. The van der Waals surface area contributed by atoms with E-state index in [-0.39, 0.29) is 5.91 Å². The molecule has 0 atom stereocenters. The van der Waals surface area contributed by atoms with Gasteiger partial charge in [-0.3, -0.25) is 4.79 Å². The summed E-state index contributed by atoms with van der Waals surface area (Å²) in [6.45, 7) is 2.42. The molecule has 0 saturated carbocycles. The second-order valence-electron chi connectivity index (χ2n) is 5.43. The number of rotatable bonds is 5. The molecule has 118 valence electrons. The molecule has 0 fully saturated rings. The van der Waals surface area contributed by atoms with Crippen molar-refractivity contribution in [3.05, 3.63) is 42.2 Å². The fourth-order valence-electron chi connectivity index (χ4n) is 2.43. The van der Waals surface area contributed by atoms with Crippen molar-refractivity contribution >= 4 is 33.3 Å². The van der Waals surface area contributed by atoms with Gasteiger partial charge in [0.2, 0.25) is 5.91 Å². The average molecular weight is 326 g/mol. The maximum Gasteiger partial charge on any atom is 0.219 e. The Morgan fingerprint density at radius 1 is 1.26 bits per heavy atom. The van der Waals surface area contributed by atoms with Crippen molar-refractivity contribution in [2.24, 2.45) is 5.73 Å². The first-order chi connectivity index (χ1) is 11.0. The first-order valence-corrected chi connectivity index (χ1v) is 8.19. The van der Waals surface area contributed by atoms with Crippen LogP contribution in [-0.2, 0) is 4.79 Å². The van der Waals surface area contributed by atoms with E-state index in [2.05, 4.69) is 28.2 Å². The lowest BCUT2D eigenvalue weighted by Gasteiger charge is -2.18. The summed E-state index contributed by atoms with van der Waals surface area (Å²) in [5.74, 6) is 1.25. The molecular formula is C17H18N4OS. The molecule has 3 aromatic rings. The second kappa shape index (κ2) is 6.34. The summed E-state index contributed by atoms with van der Waals surface area (Å²) < 4.78 is 0. The lowest BCUT2D eigenvalue weighted by Crippen LogP contribution is -2.25. The van der Waals surface area contributed by atoms with Crippen molar-refractivity contribution in [2.45, 2.75) is 13.3 Å². The van der Waals surface area contributed by atoms with E-state index in [0.717, 1.165) is 26.7 Å². The highest BCUT2D eigenvalue weighted by Gasteiger charge is 2.15. The van der Waals surface area contributed by atoms with Crippen LogP contribution in [0.25, 0.3) is 20.7 Å². The number of aryl methyl sites for hydroxylation is 1. The van der Waals surface area contributed by atoms with Gasteiger partial charge in [-0.15, -0.1) is 11.3 Å². The van der Waals surface area contributed by atoms with Crippen LogP contribution < -0.4 is 10.6 Å². The molecule has 0 radical (unpaired) electrons. The van der Waals surface area contributed by atoms with Gasteiger partial charge < -0.3 is 10.6 Å². The number of fused-ring (bicyclic) bond motifs is 1. The van der Waals surface area contributed by atoms with Crippen LogP contribution in [0.5, 0.6) is 0 Å². The maximum absolute atomic E-state index is 11.0. The average Bonchev–Trinajstić information content (AvgIpc) is 2.96. The molecule has 2 aromatic heterocycles. The number of thiophene rings is 1. The molecule has 2 N–H and O–H groups in total. The van der Waals surface area contributed by atoms with Crippen LogP contribution in [0.15, 0.2) is 36.4 Å². The van der Waals surface area contributed by atoms with Crippen molar-refractivity contribution in [3.8, 4) is 10.4 Å². The number of amides is 1. The maximum atomic E-state index is 11.0. The van der Waals surface area contributed by atoms with Gasteiger partial charge in [0.25, 0.3) is 0 Å². The predicted octanol–water partition coefficient (Wildman–Crippen LogP) is 2.98. The van der Waals surface area contributed by atoms with Crippen LogP contribution in [0, 0.1) is 6.92 Å². The normalized spacial score (nSPS) is 10.9. The van der Waals surface area contributed by atoms with Crippen molar-refractivity contribution < 1.29 is 4.79 Å². The zero-order chi connectivity index (χ0) is 16.4. The van der Waals surface area contributed by atoms with E-state index < -0.39 is 0 Å². The van der Waals surface area contributed by atoms with Gasteiger partial charge in [0.15, 0.2) is 0 Å². The fraction of sp³-hybridized carbons (Fsp3) is 0.235. The van der Waals surface area contributed by atoms with Gasteiger partial charge in [0.05, 0.1) is 5.39 Å². The zero-order valence-electron chi connectivity index (χ0n) is 13.1. The summed E-state index contributed by atoms with van der Waals surface area (Å²) in [4.78, 5) is 24.2. The number of nitrogens with two attached hydrogens (primary N) is 1. The van der Waals surface area contributed by atoms with Gasteiger partial charge in [-0.1, -0.05) is 30.3 Å². The largest absolute Gasteiger partial charge is 0.370 e. The van der Waals surface area contributed by atoms with Crippen molar-refractivity contribution in [1.29, 1.82) is 0 Å². The number of primary amides is 1. The second-order valence-corrected chi connectivity index (χ2v) is 6.46. The minimum Gasteiger partial charge on any atom is -0.370 e. The van der Waals surface area contributed by atoms with Crippen molar-refractivity contribution in [2.75, 3.05) is 18.5 Å². The van der Waals surface area contributed by atoms with E-state index in [4.69, 9.17) is 5.73 Å². The number of nitrogens with zero attached hydrogens (tertiary/aromatic N) is 3. The Morgan fingerprint density at radius 2 is 2.00 bits per heavy atom. The van der Waals surface area contributed by atoms with Crippen LogP contribution in [0.1, 0.15) is 12.2 Å². The van der Waals surface area contributed by atoms with Crippen molar-refractivity contribution in [1.82, 2.24) is 9.97 Å². The summed E-state index contributed by atoms with van der Waals surface area (Å²) in [6, 6.07) is 12.3. The highest BCUT2D eigenvalue weighted by atomic mass is 32.1. The quantitative estimate of drug-likeness (QED) is 0.782. The Hall–Kier alpha value is -2.47. The van der Waals surface area contributed by atoms with Gasteiger partial charge in [-0.2, -0.15) is 0 Å². The van der Waals surface area contributed by atoms with Gasteiger partial charge in [0.1, 0.15) is 16.5 Å². The molecule has 5 nitrogen and oxygen atoms in total. The molecule has 1 amide bonds.